The largest absolute Gasteiger partial charge is 0.309 e. The van der Waals surface area contributed by atoms with E-state index in [4.69, 9.17) is 0 Å². The van der Waals surface area contributed by atoms with E-state index >= 15 is 0 Å². The molecular weight excluding hydrogens is 204 g/mol. The average Bonchev–Trinajstić information content (AvgIpc) is 2.63. The summed E-state index contributed by atoms with van der Waals surface area (Å²) in [4.78, 5) is 5.71. The molecule has 0 saturated heterocycles. The number of hydrogen-bond acceptors (Lipinski definition) is 3. The SMILES string of the molecule is C=CCC(C)NCc1cnc(C(C)C)s1. The average molecular weight is 224 g/mol. The summed E-state index contributed by atoms with van der Waals surface area (Å²) in [7, 11) is 0. The third-order valence-electron chi connectivity index (χ3n) is 2.21. The van der Waals surface area contributed by atoms with Crippen LogP contribution < -0.4 is 5.32 Å². The van der Waals surface area contributed by atoms with Crippen molar-refractivity contribution in [2.24, 2.45) is 0 Å². The molecule has 2 nitrogen and oxygen atoms in total. The molecular formula is C12H20N2S. The van der Waals surface area contributed by atoms with Gasteiger partial charge in [0.05, 0.1) is 5.01 Å². The molecule has 0 aliphatic carbocycles. The number of thiazole rings is 1. The van der Waals surface area contributed by atoms with Gasteiger partial charge in [-0.2, -0.15) is 0 Å². The fourth-order valence-electron chi connectivity index (χ4n) is 1.28. The second-order valence-corrected chi connectivity index (χ2v) is 5.27. The highest BCUT2D eigenvalue weighted by Gasteiger charge is 2.06. The zero-order chi connectivity index (χ0) is 11.3. The lowest BCUT2D eigenvalue weighted by Gasteiger charge is -2.09. The van der Waals surface area contributed by atoms with Crippen LogP contribution in [-0.4, -0.2) is 11.0 Å². The second-order valence-electron chi connectivity index (χ2n) is 4.13. The van der Waals surface area contributed by atoms with Crippen LogP contribution >= 0.6 is 11.3 Å². The van der Waals surface area contributed by atoms with Crippen molar-refractivity contribution in [1.29, 1.82) is 0 Å². The molecule has 1 heterocycles. The highest BCUT2D eigenvalue weighted by atomic mass is 32.1. The van der Waals surface area contributed by atoms with Crippen LogP contribution in [0.1, 0.15) is 43.0 Å². The summed E-state index contributed by atoms with van der Waals surface area (Å²) in [6.07, 6.45) is 4.94. The lowest BCUT2D eigenvalue weighted by molar-refractivity contribution is 0.557. The summed E-state index contributed by atoms with van der Waals surface area (Å²) in [6.45, 7) is 11.2. The minimum Gasteiger partial charge on any atom is -0.309 e. The summed E-state index contributed by atoms with van der Waals surface area (Å²) in [5.41, 5.74) is 0. The maximum absolute atomic E-state index is 4.40. The van der Waals surface area contributed by atoms with E-state index in [-0.39, 0.29) is 0 Å². The fraction of sp³-hybridized carbons (Fsp3) is 0.583. The van der Waals surface area contributed by atoms with Gasteiger partial charge in [-0.1, -0.05) is 19.9 Å². The topological polar surface area (TPSA) is 24.9 Å². The fourth-order valence-corrected chi connectivity index (χ4v) is 2.15. The third-order valence-corrected chi connectivity index (χ3v) is 3.51. The molecule has 1 aromatic heterocycles. The first kappa shape index (κ1) is 12.4. The van der Waals surface area contributed by atoms with Gasteiger partial charge in [0.2, 0.25) is 0 Å². The minimum absolute atomic E-state index is 0.493. The van der Waals surface area contributed by atoms with Crippen LogP contribution in [0, 0.1) is 0 Å². The molecule has 0 amide bonds. The maximum Gasteiger partial charge on any atom is 0.0953 e. The van der Waals surface area contributed by atoms with Crippen LogP contribution in [0.3, 0.4) is 0 Å². The molecule has 1 N–H and O–H groups in total. The molecule has 15 heavy (non-hydrogen) atoms. The van der Waals surface area contributed by atoms with Crippen molar-refractivity contribution in [3.63, 3.8) is 0 Å². The van der Waals surface area contributed by atoms with Gasteiger partial charge in [-0.25, -0.2) is 4.98 Å². The summed E-state index contributed by atoms with van der Waals surface area (Å²) in [6, 6.07) is 0.493. The van der Waals surface area contributed by atoms with Gasteiger partial charge >= 0.3 is 0 Å². The molecule has 1 atom stereocenters. The van der Waals surface area contributed by atoms with Crippen molar-refractivity contribution in [2.75, 3.05) is 0 Å². The predicted octanol–water partition coefficient (Wildman–Crippen LogP) is 3.32. The first-order chi connectivity index (χ1) is 7.13. The maximum atomic E-state index is 4.40. The summed E-state index contributed by atoms with van der Waals surface area (Å²) in [5.74, 6) is 0.536. The second kappa shape index (κ2) is 6.03. The normalized spacial score (nSPS) is 13.1. The zero-order valence-corrected chi connectivity index (χ0v) is 10.6. The van der Waals surface area contributed by atoms with E-state index in [1.54, 1.807) is 11.3 Å². The van der Waals surface area contributed by atoms with Crippen LogP contribution in [0.4, 0.5) is 0 Å². The Morgan fingerprint density at radius 2 is 2.27 bits per heavy atom. The van der Waals surface area contributed by atoms with Crippen LogP contribution in [0.25, 0.3) is 0 Å². The van der Waals surface area contributed by atoms with Crippen molar-refractivity contribution >= 4 is 11.3 Å². The molecule has 1 aromatic rings. The van der Waals surface area contributed by atoms with Crippen molar-refractivity contribution in [2.45, 2.75) is 45.7 Å². The lowest BCUT2D eigenvalue weighted by Crippen LogP contribution is -2.24. The Labute approximate surface area is 96.4 Å². The van der Waals surface area contributed by atoms with Gasteiger partial charge in [-0.3, -0.25) is 0 Å². The Morgan fingerprint density at radius 1 is 1.53 bits per heavy atom. The van der Waals surface area contributed by atoms with E-state index in [1.807, 2.05) is 12.3 Å². The van der Waals surface area contributed by atoms with Gasteiger partial charge in [-0.05, 0) is 13.3 Å². The van der Waals surface area contributed by atoms with Crippen molar-refractivity contribution in [3.05, 3.63) is 28.7 Å². The van der Waals surface area contributed by atoms with Crippen LogP contribution in [0.2, 0.25) is 0 Å². The van der Waals surface area contributed by atoms with Gasteiger partial charge < -0.3 is 5.32 Å². The Bertz CT molecular complexity index is 304. The van der Waals surface area contributed by atoms with E-state index in [1.165, 1.54) is 9.88 Å². The van der Waals surface area contributed by atoms with Crippen molar-refractivity contribution in [1.82, 2.24) is 10.3 Å². The molecule has 0 aromatic carbocycles. The predicted molar refractivity (Wildman–Crippen MR) is 67.3 cm³/mol. The number of hydrogen-bond donors (Lipinski definition) is 1. The minimum atomic E-state index is 0.493. The number of aromatic nitrogens is 1. The molecule has 84 valence electrons. The van der Waals surface area contributed by atoms with Crippen LogP contribution in [0.15, 0.2) is 18.9 Å². The summed E-state index contributed by atoms with van der Waals surface area (Å²) in [5, 5.41) is 4.68. The van der Waals surface area contributed by atoms with Gasteiger partial charge in [0.15, 0.2) is 0 Å². The number of rotatable bonds is 6. The van der Waals surface area contributed by atoms with Crippen LogP contribution in [0.5, 0.6) is 0 Å². The molecule has 0 bridgehead atoms. The third kappa shape index (κ3) is 4.14. The zero-order valence-electron chi connectivity index (χ0n) is 9.79. The number of nitrogens with zero attached hydrogens (tertiary/aromatic N) is 1. The van der Waals surface area contributed by atoms with Crippen LogP contribution in [-0.2, 0) is 6.54 Å². The standard InChI is InChI=1S/C12H20N2S/c1-5-6-10(4)13-7-11-8-14-12(15-11)9(2)3/h5,8-10,13H,1,6-7H2,2-4H3. The Balaban J connectivity index is 2.40. The summed E-state index contributed by atoms with van der Waals surface area (Å²) < 4.78 is 0. The highest BCUT2D eigenvalue weighted by molar-refractivity contribution is 7.11. The Morgan fingerprint density at radius 3 is 2.80 bits per heavy atom. The quantitative estimate of drug-likeness (QED) is 0.750. The molecule has 0 aliphatic rings. The molecule has 3 heteroatoms. The molecule has 0 aliphatic heterocycles. The van der Waals surface area contributed by atoms with E-state index in [0.29, 0.717) is 12.0 Å². The lowest BCUT2D eigenvalue weighted by atomic mass is 10.2. The van der Waals surface area contributed by atoms with Gasteiger partial charge in [0.25, 0.3) is 0 Å². The van der Waals surface area contributed by atoms with E-state index < -0.39 is 0 Å². The number of nitrogens with one attached hydrogen (secondary N) is 1. The molecule has 0 radical (unpaired) electrons. The van der Waals surface area contributed by atoms with E-state index in [2.05, 4.69) is 37.7 Å². The molecule has 1 rings (SSSR count). The van der Waals surface area contributed by atoms with Crippen molar-refractivity contribution in [3.8, 4) is 0 Å². The molecule has 1 unspecified atom stereocenters. The van der Waals surface area contributed by atoms with Gasteiger partial charge in [0.1, 0.15) is 0 Å². The molecule has 0 spiro atoms. The first-order valence-electron chi connectivity index (χ1n) is 5.42. The van der Waals surface area contributed by atoms with Crippen molar-refractivity contribution < 1.29 is 0 Å². The van der Waals surface area contributed by atoms with E-state index in [9.17, 15) is 0 Å². The smallest absolute Gasteiger partial charge is 0.0953 e. The monoisotopic (exact) mass is 224 g/mol. The van der Waals surface area contributed by atoms with Gasteiger partial charge in [-0.15, -0.1) is 17.9 Å². The first-order valence-corrected chi connectivity index (χ1v) is 6.24. The molecule has 0 saturated carbocycles. The van der Waals surface area contributed by atoms with Gasteiger partial charge in [0, 0.05) is 29.6 Å². The summed E-state index contributed by atoms with van der Waals surface area (Å²) >= 11 is 1.80. The van der Waals surface area contributed by atoms with E-state index in [0.717, 1.165) is 13.0 Å². The highest BCUT2D eigenvalue weighted by Crippen LogP contribution is 2.20. The Kier molecular flexibility index (Phi) is 4.99. The molecule has 0 fully saturated rings. The Hall–Kier alpha value is -0.670.